The molecule has 1 unspecified atom stereocenters. The third-order valence-corrected chi connectivity index (χ3v) is 5.54. The summed E-state index contributed by atoms with van der Waals surface area (Å²) in [5.74, 6) is 1.95. The van der Waals surface area contributed by atoms with Gasteiger partial charge in [-0.15, -0.1) is 0 Å². The van der Waals surface area contributed by atoms with Crippen LogP contribution in [-0.4, -0.2) is 27.2 Å². The number of hydrogen-bond acceptors (Lipinski definition) is 3. The lowest BCUT2D eigenvalue weighted by Crippen LogP contribution is -2.14. The maximum absolute atomic E-state index is 11.9. The van der Waals surface area contributed by atoms with Crippen LogP contribution in [0.25, 0.3) is 5.69 Å². The Hall–Kier alpha value is -1.75. The van der Waals surface area contributed by atoms with Gasteiger partial charge in [-0.25, -0.2) is 4.68 Å². The van der Waals surface area contributed by atoms with Gasteiger partial charge >= 0.3 is 0 Å². The zero-order valence-electron chi connectivity index (χ0n) is 16.6. The van der Waals surface area contributed by atoms with Gasteiger partial charge in [-0.2, -0.15) is 16.9 Å². The number of aromatic nitrogens is 2. The van der Waals surface area contributed by atoms with E-state index in [0.717, 1.165) is 36.4 Å². The third-order valence-electron chi connectivity index (χ3n) is 4.66. The first kappa shape index (κ1) is 20.6. The van der Waals surface area contributed by atoms with Crippen molar-refractivity contribution in [3.05, 3.63) is 41.2 Å². The second-order valence-corrected chi connectivity index (χ2v) is 7.93. The Morgan fingerprint density at radius 1 is 1.23 bits per heavy atom. The number of thioether (sulfide) groups is 1. The average Bonchev–Trinajstić information content (AvgIpc) is 2.97. The molecule has 0 aliphatic carbocycles. The molecule has 26 heavy (non-hydrogen) atoms. The number of carbonyl (C=O) groups is 1. The van der Waals surface area contributed by atoms with Crippen LogP contribution in [0, 0.1) is 6.92 Å². The fourth-order valence-electron chi connectivity index (χ4n) is 3.08. The number of nitrogens with zero attached hydrogens (tertiary/aromatic N) is 2. The summed E-state index contributed by atoms with van der Waals surface area (Å²) in [6.45, 7) is 10.9. The first-order chi connectivity index (χ1) is 12.5. The molecule has 4 nitrogen and oxygen atoms in total. The molecule has 1 atom stereocenters. The highest BCUT2D eigenvalue weighted by atomic mass is 32.2. The standard InChI is InChI=1S/C21H31N3OS/c1-6-9-19-16(5)21(15(4)7-2)24(23-19)18-12-10-17(11-13-18)22-20(25)14-26-8-3/h10-13,15H,6-9,14H2,1-5H3,(H,22,25). The maximum atomic E-state index is 11.9. The SMILES string of the molecule is CCCc1nn(-c2ccc(NC(=O)CSCC)cc2)c(C(C)CC)c1C. The first-order valence-corrected chi connectivity index (χ1v) is 10.7. The summed E-state index contributed by atoms with van der Waals surface area (Å²) in [7, 11) is 0. The molecular weight excluding hydrogens is 342 g/mol. The molecule has 0 aliphatic heterocycles. The van der Waals surface area contributed by atoms with Crippen LogP contribution in [0.15, 0.2) is 24.3 Å². The van der Waals surface area contributed by atoms with Crippen LogP contribution < -0.4 is 5.32 Å². The summed E-state index contributed by atoms with van der Waals surface area (Å²) in [5.41, 5.74) is 5.68. The highest BCUT2D eigenvalue weighted by Gasteiger charge is 2.19. The van der Waals surface area contributed by atoms with Crippen LogP contribution in [0.4, 0.5) is 5.69 Å². The van der Waals surface area contributed by atoms with Gasteiger partial charge in [-0.05, 0) is 61.3 Å². The van der Waals surface area contributed by atoms with Crippen LogP contribution in [0.3, 0.4) is 0 Å². The van der Waals surface area contributed by atoms with E-state index in [4.69, 9.17) is 5.10 Å². The fourth-order valence-corrected chi connectivity index (χ4v) is 3.54. The number of carbonyl (C=O) groups excluding carboxylic acids is 1. The van der Waals surface area contributed by atoms with Crippen molar-refractivity contribution in [2.45, 2.75) is 59.8 Å². The van der Waals surface area contributed by atoms with Crippen molar-refractivity contribution in [2.24, 2.45) is 0 Å². The minimum Gasteiger partial charge on any atom is -0.325 e. The van der Waals surface area contributed by atoms with Crippen LogP contribution in [0.2, 0.25) is 0 Å². The van der Waals surface area contributed by atoms with E-state index in [2.05, 4.69) is 44.6 Å². The van der Waals surface area contributed by atoms with Gasteiger partial charge in [-0.1, -0.05) is 34.1 Å². The minimum atomic E-state index is 0.0464. The molecule has 142 valence electrons. The maximum Gasteiger partial charge on any atom is 0.234 e. The second kappa shape index (κ2) is 9.81. The summed E-state index contributed by atoms with van der Waals surface area (Å²) in [4.78, 5) is 11.9. The number of hydrogen-bond donors (Lipinski definition) is 1. The molecular formula is C21H31N3OS. The second-order valence-electron chi connectivity index (χ2n) is 6.66. The van der Waals surface area contributed by atoms with Crippen molar-refractivity contribution in [3.8, 4) is 5.69 Å². The van der Waals surface area contributed by atoms with Crippen molar-refractivity contribution < 1.29 is 4.79 Å². The lowest BCUT2D eigenvalue weighted by atomic mass is 9.99. The Morgan fingerprint density at radius 2 is 1.92 bits per heavy atom. The molecule has 0 saturated heterocycles. The van der Waals surface area contributed by atoms with E-state index in [1.54, 1.807) is 11.8 Å². The van der Waals surface area contributed by atoms with Gasteiger partial charge in [0, 0.05) is 5.69 Å². The predicted molar refractivity (Wildman–Crippen MR) is 113 cm³/mol. The average molecular weight is 374 g/mol. The monoisotopic (exact) mass is 373 g/mol. The van der Waals surface area contributed by atoms with E-state index >= 15 is 0 Å². The van der Waals surface area contributed by atoms with Crippen LogP contribution >= 0.6 is 11.8 Å². The van der Waals surface area contributed by atoms with Gasteiger partial charge in [0.15, 0.2) is 0 Å². The molecule has 0 radical (unpaired) electrons. The van der Waals surface area contributed by atoms with E-state index in [0.29, 0.717) is 11.7 Å². The Bertz CT molecular complexity index is 722. The molecule has 0 spiro atoms. The normalized spacial score (nSPS) is 12.2. The van der Waals surface area contributed by atoms with Gasteiger partial charge < -0.3 is 5.32 Å². The molecule has 1 aromatic heterocycles. The van der Waals surface area contributed by atoms with Gasteiger partial charge in [0.05, 0.1) is 22.8 Å². The Kier molecular flexibility index (Phi) is 7.76. The molecule has 1 N–H and O–H groups in total. The number of rotatable bonds is 9. The lowest BCUT2D eigenvalue weighted by Gasteiger charge is -2.14. The van der Waals surface area contributed by atoms with E-state index in [1.807, 2.05) is 24.3 Å². The van der Waals surface area contributed by atoms with Crippen molar-refractivity contribution in [1.29, 1.82) is 0 Å². The predicted octanol–water partition coefficient (Wildman–Crippen LogP) is 5.34. The summed E-state index contributed by atoms with van der Waals surface area (Å²) < 4.78 is 2.09. The minimum absolute atomic E-state index is 0.0464. The van der Waals surface area contributed by atoms with Gasteiger partial charge in [0.1, 0.15) is 0 Å². The Balaban J connectivity index is 2.27. The smallest absolute Gasteiger partial charge is 0.234 e. The molecule has 0 bridgehead atoms. The molecule has 5 heteroatoms. The largest absolute Gasteiger partial charge is 0.325 e. The van der Waals surface area contributed by atoms with E-state index in [-0.39, 0.29) is 5.91 Å². The number of nitrogens with one attached hydrogen (secondary N) is 1. The van der Waals surface area contributed by atoms with Crippen molar-refractivity contribution in [3.63, 3.8) is 0 Å². The zero-order valence-corrected chi connectivity index (χ0v) is 17.4. The number of anilines is 1. The summed E-state index contributed by atoms with van der Waals surface area (Å²) in [5, 5.41) is 7.85. The Morgan fingerprint density at radius 3 is 2.50 bits per heavy atom. The third kappa shape index (κ3) is 4.91. The van der Waals surface area contributed by atoms with Crippen LogP contribution in [0.1, 0.15) is 63.4 Å². The van der Waals surface area contributed by atoms with Crippen LogP contribution in [-0.2, 0) is 11.2 Å². The van der Waals surface area contributed by atoms with E-state index in [1.165, 1.54) is 17.0 Å². The van der Waals surface area contributed by atoms with E-state index in [9.17, 15) is 4.79 Å². The molecule has 0 saturated carbocycles. The lowest BCUT2D eigenvalue weighted by molar-refractivity contribution is -0.113. The van der Waals surface area contributed by atoms with Gasteiger partial charge in [-0.3, -0.25) is 4.79 Å². The molecule has 1 heterocycles. The van der Waals surface area contributed by atoms with E-state index < -0.39 is 0 Å². The van der Waals surface area contributed by atoms with Gasteiger partial charge in [0.25, 0.3) is 0 Å². The van der Waals surface area contributed by atoms with Gasteiger partial charge in [0.2, 0.25) is 5.91 Å². The van der Waals surface area contributed by atoms with Crippen molar-refractivity contribution >= 4 is 23.4 Å². The summed E-state index contributed by atoms with van der Waals surface area (Å²) in [6, 6.07) is 7.99. The highest BCUT2D eigenvalue weighted by Crippen LogP contribution is 2.28. The highest BCUT2D eigenvalue weighted by molar-refractivity contribution is 7.99. The first-order valence-electron chi connectivity index (χ1n) is 9.58. The molecule has 1 aromatic carbocycles. The number of amides is 1. The molecule has 2 rings (SSSR count). The summed E-state index contributed by atoms with van der Waals surface area (Å²) in [6.07, 6.45) is 3.19. The Labute approximate surface area is 161 Å². The molecule has 2 aromatic rings. The fraction of sp³-hybridized carbons (Fsp3) is 0.524. The topological polar surface area (TPSA) is 46.9 Å². The van der Waals surface area contributed by atoms with Crippen molar-refractivity contribution in [2.75, 3.05) is 16.8 Å². The van der Waals surface area contributed by atoms with Crippen LogP contribution in [0.5, 0.6) is 0 Å². The number of aryl methyl sites for hydroxylation is 1. The zero-order chi connectivity index (χ0) is 19.1. The molecule has 0 aliphatic rings. The number of benzene rings is 1. The van der Waals surface area contributed by atoms with Crippen molar-refractivity contribution in [1.82, 2.24) is 9.78 Å². The quantitative estimate of drug-likeness (QED) is 0.645. The molecule has 0 fully saturated rings. The molecule has 1 amide bonds. The summed E-state index contributed by atoms with van der Waals surface area (Å²) >= 11 is 1.63.